The predicted molar refractivity (Wildman–Crippen MR) is 72.6 cm³/mol. The fourth-order valence-corrected chi connectivity index (χ4v) is 3.00. The molecule has 0 aliphatic rings. The maximum Gasteiger partial charge on any atom is 0.336 e. The molecule has 2 rings (SSSR count). The molecule has 0 spiro atoms. The topological polar surface area (TPSA) is 76.4 Å². The third-order valence-electron chi connectivity index (χ3n) is 2.87. The van der Waals surface area contributed by atoms with Gasteiger partial charge in [-0.25, -0.2) is 17.9 Å². The molecule has 1 aromatic heterocycles. The number of hydrogen-bond acceptors (Lipinski definition) is 4. The molecule has 0 radical (unpaired) electrons. The van der Waals surface area contributed by atoms with Crippen LogP contribution in [-0.2, 0) is 10.0 Å². The van der Waals surface area contributed by atoms with Crippen molar-refractivity contribution in [1.29, 1.82) is 0 Å². The zero-order valence-corrected chi connectivity index (χ0v) is 11.5. The summed E-state index contributed by atoms with van der Waals surface area (Å²) in [6, 6.07) is 7.08. The summed E-state index contributed by atoms with van der Waals surface area (Å²) in [4.78, 5) is 11.2. The first-order valence-electron chi connectivity index (χ1n) is 5.98. The van der Waals surface area contributed by atoms with Crippen molar-refractivity contribution in [3.63, 3.8) is 0 Å². The molecule has 1 N–H and O–H groups in total. The minimum absolute atomic E-state index is 0.130. The fraction of sp³-hybridized carbons (Fsp3) is 0.308. The summed E-state index contributed by atoms with van der Waals surface area (Å²) >= 11 is 0. The molecule has 2 aromatic rings. The van der Waals surface area contributed by atoms with Crippen LogP contribution in [0.15, 0.2) is 44.4 Å². The summed E-state index contributed by atoms with van der Waals surface area (Å²) < 4.78 is 31.8. The zero-order valence-electron chi connectivity index (χ0n) is 10.7. The molecule has 19 heavy (non-hydrogen) atoms. The molecule has 1 atom stereocenters. The van der Waals surface area contributed by atoms with Crippen LogP contribution < -0.4 is 10.3 Å². The van der Waals surface area contributed by atoms with Gasteiger partial charge in [0.2, 0.25) is 10.0 Å². The third-order valence-corrected chi connectivity index (χ3v) is 4.46. The number of hydrogen-bond donors (Lipinski definition) is 1. The summed E-state index contributed by atoms with van der Waals surface area (Å²) in [5.41, 5.74) is -0.0872. The highest BCUT2D eigenvalue weighted by molar-refractivity contribution is 7.89. The largest absolute Gasteiger partial charge is 0.423 e. The Morgan fingerprint density at radius 1 is 1.26 bits per heavy atom. The smallest absolute Gasteiger partial charge is 0.336 e. The number of nitrogens with one attached hydrogen (secondary N) is 1. The van der Waals surface area contributed by atoms with Crippen LogP contribution in [0.5, 0.6) is 0 Å². The van der Waals surface area contributed by atoms with E-state index in [1.54, 1.807) is 13.0 Å². The maximum atomic E-state index is 12.1. The fourth-order valence-electron chi connectivity index (χ4n) is 1.63. The van der Waals surface area contributed by atoms with Crippen molar-refractivity contribution in [2.75, 3.05) is 0 Å². The van der Waals surface area contributed by atoms with E-state index in [0.717, 1.165) is 0 Å². The zero-order chi connectivity index (χ0) is 14.0. The summed E-state index contributed by atoms with van der Waals surface area (Å²) in [7, 11) is -3.54. The maximum absolute atomic E-state index is 12.1. The second-order valence-corrected chi connectivity index (χ2v) is 6.10. The highest BCUT2D eigenvalue weighted by Gasteiger charge is 2.17. The first-order chi connectivity index (χ1) is 8.92. The van der Waals surface area contributed by atoms with Crippen LogP contribution in [-0.4, -0.2) is 14.5 Å². The molecule has 1 heterocycles. The van der Waals surface area contributed by atoms with E-state index in [9.17, 15) is 13.2 Å². The van der Waals surface area contributed by atoms with Gasteiger partial charge in [-0.2, -0.15) is 0 Å². The van der Waals surface area contributed by atoms with Crippen LogP contribution >= 0.6 is 0 Å². The highest BCUT2D eigenvalue weighted by atomic mass is 32.2. The second-order valence-electron chi connectivity index (χ2n) is 4.38. The molecule has 1 unspecified atom stereocenters. The van der Waals surface area contributed by atoms with E-state index in [1.165, 1.54) is 24.3 Å². The van der Waals surface area contributed by atoms with Crippen molar-refractivity contribution in [3.8, 4) is 0 Å². The average Bonchev–Trinajstić information content (AvgIpc) is 2.37. The quantitative estimate of drug-likeness (QED) is 0.868. The van der Waals surface area contributed by atoms with Gasteiger partial charge in [0.1, 0.15) is 5.58 Å². The molecule has 0 bridgehead atoms. The number of fused-ring (bicyclic) bond motifs is 1. The lowest BCUT2D eigenvalue weighted by molar-refractivity contribution is 0.554. The third kappa shape index (κ3) is 3.02. The monoisotopic (exact) mass is 281 g/mol. The SMILES string of the molecule is CCC(C)NS(=O)(=O)c1ccc2oc(=O)ccc2c1. The van der Waals surface area contributed by atoms with Crippen LogP contribution in [0.4, 0.5) is 0 Å². The van der Waals surface area contributed by atoms with Gasteiger partial charge in [-0.3, -0.25) is 0 Å². The first kappa shape index (κ1) is 13.8. The van der Waals surface area contributed by atoms with E-state index >= 15 is 0 Å². The van der Waals surface area contributed by atoms with Gasteiger partial charge in [0.05, 0.1) is 4.90 Å². The Kier molecular flexibility index (Phi) is 3.73. The van der Waals surface area contributed by atoms with Gasteiger partial charge in [-0.15, -0.1) is 0 Å². The molecule has 5 nitrogen and oxygen atoms in total. The molecule has 6 heteroatoms. The van der Waals surface area contributed by atoms with Crippen molar-refractivity contribution in [3.05, 3.63) is 40.8 Å². The molecular formula is C13H15NO4S. The van der Waals surface area contributed by atoms with Gasteiger partial charge in [0, 0.05) is 17.5 Å². The Morgan fingerprint density at radius 2 is 2.00 bits per heavy atom. The number of sulfonamides is 1. The Hall–Kier alpha value is -1.66. The van der Waals surface area contributed by atoms with Crippen molar-refractivity contribution < 1.29 is 12.8 Å². The Bertz CT molecular complexity index is 749. The van der Waals surface area contributed by atoms with Crippen LogP contribution in [0, 0.1) is 0 Å². The lowest BCUT2D eigenvalue weighted by Gasteiger charge is -2.12. The van der Waals surface area contributed by atoms with Gasteiger partial charge in [0.15, 0.2) is 0 Å². The van der Waals surface area contributed by atoms with Gasteiger partial charge < -0.3 is 4.42 Å². The molecule has 0 saturated heterocycles. The second kappa shape index (κ2) is 5.14. The first-order valence-corrected chi connectivity index (χ1v) is 7.47. The van der Waals surface area contributed by atoms with Crippen LogP contribution in [0.3, 0.4) is 0 Å². The van der Waals surface area contributed by atoms with Crippen molar-refractivity contribution in [2.24, 2.45) is 0 Å². The molecule has 1 aromatic carbocycles. The number of rotatable bonds is 4. The van der Waals surface area contributed by atoms with Gasteiger partial charge in [-0.1, -0.05) is 6.92 Å². The minimum atomic E-state index is -3.54. The average molecular weight is 281 g/mol. The van der Waals surface area contributed by atoms with Crippen molar-refractivity contribution in [1.82, 2.24) is 4.72 Å². The van der Waals surface area contributed by atoms with Gasteiger partial charge in [-0.05, 0) is 37.6 Å². The summed E-state index contributed by atoms with van der Waals surface area (Å²) in [6.07, 6.45) is 0.710. The van der Waals surface area contributed by atoms with E-state index in [-0.39, 0.29) is 10.9 Å². The van der Waals surface area contributed by atoms with E-state index < -0.39 is 15.6 Å². The minimum Gasteiger partial charge on any atom is -0.423 e. The lowest BCUT2D eigenvalue weighted by atomic mass is 10.2. The molecule has 0 saturated carbocycles. The molecule has 0 aliphatic carbocycles. The Balaban J connectivity index is 2.46. The Morgan fingerprint density at radius 3 is 2.68 bits per heavy atom. The van der Waals surface area contributed by atoms with E-state index in [0.29, 0.717) is 17.4 Å². The molecule has 0 amide bonds. The molecule has 0 fully saturated rings. The van der Waals surface area contributed by atoms with Gasteiger partial charge in [0.25, 0.3) is 0 Å². The van der Waals surface area contributed by atoms with Crippen LogP contribution in [0.2, 0.25) is 0 Å². The highest BCUT2D eigenvalue weighted by Crippen LogP contribution is 2.18. The van der Waals surface area contributed by atoms with Gasteiger partial charge >= 0.3 is 5.63 Å². The summed E-state index contributed by atoms with van der Waals surface area (Å²) in [6.45, 7) is 3.71. The molecule has 0 aliphatic heterocycles. The van der Waals surface area contributed by atoms with Crippen LogP contribution in [0.25, 0.3) is 11.0 Å². The van der Waals surface area contributed by atoms with Crippen molar-refractivity contribution >= 4 is 21.0 Å². The number of benzene rings is 1. The summed E-state index contributed by atoms with van der Waals surface area (Å²) in [5.74, 6) is 0. The van der Waals surface area contributed by atoms with E-state index in [4.69, 9.17) is 4.42 Å². The normalized spacial score (nSPS) is 13.6. The van der Waals surface area contributed by atoms with E-state index in [1.807, 2.05) is 6.92 Å². The predicted octanol–water partition coefficient (Wildman–Crippen LogP) is 1.87. The van der Waals surface area contributed by atoms with E-state index in [2.05, 4.69) is 4.72 Å². The molecule has 102 valence electrons. The lowest BCUT2D eigenvalue weighted by Crippen LogP contribution is -2.31. The van der Waals surface area contributed by atoms with Crippen molar-refractivity contribution in [2.45, 2.75) is 31.2 Å². The Labute approximate surface area is 111 Å². The van der Waals surface area contributed by atoms with Crippen LogP contribution in [0.1, 0.15) is 20.3 Å². The summed E-state index contributed by atoms with van der Waals surface area (Å²) in [5, 5.41) is 0.576. The standard InChI is InChI=1S/C13H15NO4S/c1-3-9(2)14-19(16,17)11-5-6-12-10(8-11)4-7-13(15)18-12/h4-9,14H,3H2,1-2H3. The molecular weight excluding hydrogens is 266 g/mol.